The van der Waals surface area contributed by atoms with Gasteiger partial charge in [-0.05, 0) is 55.4 Å². The summed E-state index contributed by atoms with van der Waals surface area (Å²) in [5.74, 6) is -0.0691. The van der Waals surface area contributed by atoms with Crippen molar-refractivity contribution in [2.24, 2.45) is 5.92 Å². The van der Waals surface area contributed by atoms with Crippen LogP contribution < -0.4 is 16.2 Å². The second-order valence-corrected chi connectivity index (χ2v) is 8.27. The molecule has 1 unspecified atom stereocenters. The molecule has 1 heterocycles. The number of nitrogens with one attached hydrogen (secondary N) is 3. The topological polar surface area (TPSA) is 87.3 Å². The first-order valence-corrected chi connectivity index (χ1v) is 10.4. The average molecular weight is 400 g/mol. The zero-order chi connectivity index (χ0) is 19.9. The van der Waals surface area contributed by atoms with Crippen LogP contribution in [0.25, 0.3) is 0 Å². The summed E-state index contributed by atoms with van der Waals surface area (Å²) in [5, 5.41) is 2.77. The van der Waals surface area contributed by atoms with E-state index in [1.54, 1.807) is 24.3 Å². The maximum atomic E-state index is 12.3. The minimum atomic E-state index is -0.280. The Labute approximate surface area is 168 Å². The van der Waals surface area contributed by atoms with Gasteiger partial charge in [-0.1, -0.05) is 25.1 Å². The Balaban J connectivity index is 1.35. The van der Waals surface area contributed by atoms with Crippen LogP contribution >= 0.6 is 11.3 Å². The average Bonchev–Trinajstić information content (AvgIpc) is 3.13. The quantitative estimate of drug-likeness (QED) is 0.516. The lowest BCUT2D eigenvalue weighted by molar-refractivity contribution is -0.121. The fourth-order valence-corrected chi connectivity index (χ4v) is 4.31. The minimum Gasteiger partial charge on any atom is -0.352 e. The first-order valence-electron chi connectivity index (χ1n) is 9.57. The Bertz CT molecular complexity index is 848. The van der Waals surface area contributed by atoms with Crippen LogP contribution in [-0.4, -0.2) is 24.3 Å². The van der Waals surface area contributed by atoms with Gasteiger partial charge in [-0.25, -0.2) is 0 Å². The molecule has 1 atom stereocenters. The molecule has 0 bridgehead atoms. The number of hydrogen-bond donors (Lipinski definition) is 3. The predicted octanol–water partition coefficient (Wildman–Crippen LogP) is 2.84. The van der Waals surface area contributed by atoms with Crippen LogP contribution in [0.4, 0.5) is 0 Å². The van der Waals surface area contributed by atoms with Gasteiger partial charge >= 0.3 is 0 Å². The molecule has 1 aromatic heterocycles. The molecule has 6 nitrogen and oxygen atoms in total. The van der Waals surface area contributed by atoms with Crippen LogP contribution in [-0.2, 0) is 17.6 Å². The number of aryl methyl sites for hydroxylation is 1. The second kappa shape index (κ2) is 9.50. The highest BCUT2D eigenvalue weighted by atomic mass is 32.1. The van der Waals surface area contributed by atoms with Crippen molar-refractivity contribution >= 4 is 29.1 Å². The van der Waals surface area contributed by atoms with Crippen molar-refractivity contribution in [3.05, 3.63) is 57.3 Å². The first-order chi connectivity index (χ1) is 13.5. The van der Waals surface area contributed by atoms with Gasteiger partial charge in [-0.2, -0.15) is 0 Å². The molecular formula is C21H25N3O3S. The first kappa shape index (κ1) is 20.1. The van der Waals surface area contributed by atoms with E-state index in [0.29, 0.717) is 29.3 Å². The lowest BCUT2D eigenvalue weighted by atomic mass is 9.90. The Morgan fingerprint density at radius 1 is 1.11 bits per heavy atom. The molecule has 1 aromatic carbocycles. The van der Waals surface area contributed by atoms with Crippen molar-refractivity contribution in [2.45, 2.75) is 39.0 Å². The summed E-state index contributed by atoms with van der Waals surface area (Å²) < 4.78 is 0. The molecule has 0 aliphatic heterocycles. The third-order valence-corrected chi connectivity index (χ3v) is 6.01. The molecule has 0 saturated heterocycles. The van der Waals surface area contributed by atoms with E-state index >= 15 is 0 Å². The van der Waals surface area contributed by atoms with E-state index in [1.807, 2.05) is 12.1 Å². The molecule has 0 radical (unpaired) electrons. The van der Waals surface area contributed by atoms with Crippen LogP contribution in [0.15, 0.2) is 36.4 Å². The van der Waals surface area contributed by atoms with Gasteiger partial charge in [0.05, 0.1) is 4.88 Å². The van der Waals surface area contributed by atoms with E-state index in [4.69, 9.17) is 0 Å². The van der Waals surface area contributed by atoms with E-state index in [0.717, 1.165) is 19.3 Å². The summed E-state index contributed by atoms with van der Waals surface area (Å²) >= 11 is 1.51. The summed E-state index contributed by atoms with van der Waals surface area (Å²) in [5.41, 5.74) is 6.77. The van der Waals surface area contributed by atoms with Crippen LogP contribution in [0, 0.1) is 5.92 Å². The van der Waals surface area contributed by atoms with E-state index in [9.17, 15) is 14.4 Å². The number of amides is 3. The molecular weight excluding hydrogens is 374 g/mol. The Kier molecular flexibility index (Phi) is 6.81. The van der Waals surface area contributed by atoms with Crippen LogP contribution in [0.2, 0.25) is 0 Å². The van der Waals surface area contributed by atoms with Crippen molar-refractivity contribution < 1.29 is 14.4 Å². The summed E-state index contributed by atoms with van der Waals surface area (Å²) in [6.07, 6.45) is 3.90. The molecule has 1 aliphatic carbocycles. The summed E-state index contributed by atoms with van der Waals surface area (Å²) in [6.45, 7) is 2.62. The zero-order valence-corrected chi connectivity index (χ0v) is 16.7. The summed E-state index contributed by atoms with van der Waals surface area (Å²) in [7, 11) is 0. The lowest BCUT2D eigenvalue weighted by Gasteiger charge is -2.16. The SMILES string of the molecule is CC1CCc2sc(C(=O)NNC(=O)CCCNC(=O)c3ccccc3)cc2C1. The fraction of sp³-hybridized carbons (Fsp3) is 0.381. The zero-order valence-electron chi connectivity index (χ0n) is 15.9. The molecule has 28 heavy (non-hydrogen) atoms. The van der Waals surface area contributed by atoms with Crippen LogP contribution in [0.3, 0.4) is 0 Å². The minimum absolute atomic E-state index is 0.162. The van der Waals surface area contributed by atoms with Gasteiger partial charge in [0.1, 0.15) is 0 Å². The molecule has 3 rings (SSSR count). The molecule has 148 valence electrons. The van der Waals surface area contributed by atoms with Crippen molar-refractivity contribution in [1.82, 2.24) is 16.2 Å². The highest BCUT2D eigenvalue weighted by Gasteiger charge is 2.20. The Hall–Kier alpha value is -2.67. The smallest absolute Gasteiger partial charge is 0.279 e. The molecule has 0 spiro atoms. The highest BCUT2D eigenvalue weighted by molar-refractivity contribution is 7.14. The van der Waals surface area contributed by atoms with Gasteiger partial charge in [0.2, 0.25) is 5.91 Å². The number of benzene rings is 1. The third-order valence-electron chi connectivity index (χ3n) is 4.77. The number of carbonyl (C=O) groups is 3. The predicted molar refractivity (Wildman–Crippen MR) is 109 cm³/mol. The van der Waals surface area contributed by atoms with Gasteiger partial charge in [-0.3, -0.25) is 25.2 Å². The Morgan fingerprint density at radius 3 is 2.68 bits per heavy atom. The van der Waals surface area contributed by atoms with Crippen LogP contribution in [0.5, 0.6) is 0 Å². The van der Waals surface area contributed by atoms with E-state index < -0.39 is 0 Å². The molecule has 3 N–H and O–H groups in total. The van der Waals surface area contributed by atoms with E-state index in [2.05, 4.69) is 23.1 Å². The van der Waals surface area contributed by atoms with Crippen molar-refractivity contribution in [1.29, 1.82) is 0 Å². The van der Waals surface area contributed by atoms with Gasteiger partial charge < -0.3 is 5.32 Å². The van der Waals surface area contributed by atoms with Gasteiger partial charge in [0.25, 0.3) is 11.8 Å². The number of hydrogen-bond acceptors (Lipinski definition) is 4. The van der Waals surface area contributed by atoms with Crippen LogP contribution in [0.1, 0.15) is 56.7 Å². The van der Waals surface area contributed by atoms with Crippen molar-refractivity contribution in [3.63, 3.8) is 0 Å². The second-order valence-electron chi connectivity index (χ2n) is 7.13. The molecule has 0 fully saturated rings. The number of hydrazine groups is 1. The van der Waals surface area contributed by atoms with Crippen molar-refractivity contribution in [3.8, 4) is 0 Å². The number of fused-ring (bicyclic) bond motifs is 1. The molecule has 0 saturated carbocycles. The molecule has 2 aromatic rings. The molecule has 3 amide bonds. The van der Waals surface area contributed by atoms with E-state index in [1.165, 1.54) is 21.8 Å². The lowest BCUT2D eigenvalue weighted by Crippen LogP contribution is -2.41. The summed E-state index contributed by atoms with van der Waals surface area (Å²) in [6, 6.07) is 10.9. The van der Waals surface area contributed by atoms with Gasteiger partial charge in [0, 0.05) is 23.4 Å². The van der Waals surface area contributed by atoms with Gasteiger partial charge in [0.15, 0.2) is 0 Å². The fourth-order valence-electron chi connectivity index (χ4n) is 3.21. The maximum absolute atomic E-state index is 12.3. The van der Waals surface area contributed by atoms with E-state index in [-0.39, 0.29) is 24.1 Å². The number of rotatable bonds is 6. The van der Waals surface area contributed by atoms with Gasteiger partial charge in [-0.15, -0.1) is 11.3 Å². The molecule has 7 heteroatoms. The standard InChI is InChI=1S/C21H25N3O3S/c1-14-9-10-17-16(12-14)13-18(28-17)21(27)24-23-19(25)8-5-11-22-20(26)15-6-3-2-4-7-15/h2-4,6-7,13-14H,5,8-12H2,1H3,(H,22,26)(H,23,25)(H,24,27). The third kappa shape index (κ3) is 5.42. The summed E-state index contributed by atoms with van der Waals surface area (Å²) in [4.78, 5) is 38.0. The monoisotopic (exact) mass is 399 g/mol. The number of carbonyl (C=O) groups excluding carboxylic acids is 3. The molecule has 1 aliphatic rings. The normalized spacial score (nSPS) is 15.4. The number of thiophene rings is 1. The van der Waals surface area contributed by atoms with Crippen molar-refractivity contribution in [2.75, 3.05) is 6.54 Å². The Morgan fingerprint density at radius 2 is 1.89 bits per heavy atom. The largest absolute Gasteiger partial charge is 0.352 e. The highest BCUT2D eigenvalue weighted by Crippen LogP contribution is 2.32. The maximum Gasteiger partial charge on any atom is 0.279 e.